The van der Waals surface area contributed by atoms with Gasteiger partial charge in [-0.2, -0.15) is 0 Å². The van der Waals surface area contributed by atoms with Crippen molar-refractivity contribution in [2.24, 2.45) is 5.92 Å². The SMILES string of the molecule is [CH2-]/C=C\C([CH2-])C[CH2-].[Y].[Y]. The van der Waals surface area contributed by atoms with Crippen LogP contribution in [0.1, 0.15) is 6.42 Å². The Bertz CT molecular complexity index is 59.9. The molecule has 1 unspecified atom stereocenters. The monoisotopic (exact) mass is 273 g/mol. The van der Waals surface area contributed by atoms with E-state index in [1.807, 2.05) is 6.08 Å². The molecule has 0 aromatic rings. The van der Waals surface area contributed by atoms with E-state index >= 15 is 0 Å². The first kappa shape index (κ1) is 17.1. The second kappa shape index (κ2) is 12.5. The van der Waals surface area contributed by atoms with Crippen LogP contribution in [0.4, 0.5) is 0 Å². The van der Waals surface area contributed by atoms with Gasteiger partial charge in [-0.1, -0.05) is 0 Å². The molecule has 2 radical (unpaired) electrons. The van der Waals surface area contributed by atoms with Gasteiger partial charge in [-0.25, -0.2) is 25.3 Å². The van der Waals surface area contributed by atoms with Gasteiger partial charge in [0.1, 0.15) is 0 Å². The van der Waals surface area contributed by atoms with E-state index in [2.05, 4.69) is 20.8 Å². The van der Waals surface area contributed by atoms with E-state index in [0.29, 0.717) is 5.92 Å². The van der Waals surface area contributed by atoms with Crippen molar-refractivity contribution in [3.63, 3.8) is 0 Å². The summed E-state index contributed by atoms with van der Waals surface area (Å²) < 4.78 is 0. The molecule has 0 aliphatic rings. The molecule has 0 aromatic carbocycles. The third-order valence-electron chi connectivity index (χ3n) is 0.779. The van der Waals surface area contributed by atoms with Crippen molar-refractivity contribution in [3.05, 3.63) is 32.9 Å². The first-order valence-corrected chi connectivity index (χ1v) is 2.39. The molecule has 9 heavy (non-hydrogen) atoms. The molecule has 0 saturated carbocycles. The molecule has 0 N–H and O–H groups in total. The van der Waals surface area contributed by atoms with Crippen LogP contribution in [0.25, 0.3) is 0 Å². The van der Waals surface area contributed by atoms with Crippen LogP contribution in [0.2, 0.25) is 0 Å². The molecule has 48 valence electrons. The summed E-state index contributed by atoms with van der Waals surface area (Å²) in [7, 11) is 0. The van der Waals surface area contributed by atoms with Gasteiger partial charge in [-0.05, 0) is 0 Å². The minimum Gasteiger partial charge on any atom is -0.355 e. The average Bonchev–Trinajstić information content (AvgIpc) is 1.68. The molecule has 0 aliphatic carbocycles. The summed E-state index contributed by atoms with van der Waals surface area (Å²) >= 11 is 0. The second-order valence-electron chi connectivity index (χ2n) is 1.48. The fraction of sp³-hybridized carbons (Fsp3) is 0.286. The van der Waals surface area contributed by atoms with Crippen LogP contribution in [-0.4, -0.2) is 0 Å². The first-order valence-electron chi connectivity index (χ1n) is 2.39. The summed E-state index contributed by atoms with van der Waals surface area (Å²) in [5.74, 6) is 0.345. The maximum Gasteiger partial charge on any atom is 0 e. The summed E-state index contributed by atoms with van der Waals surface area (Å²) in [6, 6.07) is 0. The molecule has 1 atom stereocenters. The fourth-order valence-corrected chi connectivity index (χ4v) is 0.289. The molecule has 2 heteroatoms. The Morgan fingerprint density at radius 2 is 1.78 bits per heavy atom. The molecule has 0 aliphatic heterocycles. The molecule has 0 amide bonds. The molecule has 0 spiro atoms. The van der Waals surface area contributed by atoms with Crippen LogP contribution in [0.3, 0.4) is 0 Å². The van der Waals surface area contributed by atoms with Gasteiger partial charge < -0.3 is 13.8 Å². The van der Waals surface area contributed by atoms with Crippen molar-refractivity contribution < 1.29 is 65.4 Å². The summed E-state index contributed by atoms with van der Waals surface area (Å²) in [5, 5.41) is 0. The van der Waals surface area contributed by atoms with Crippen LogP contribution < -0.4 is 0 Å². The summed E-state index contributed by atoms with van der Waals surface area (Å²) in [6.45, 7) is 10.9. The zero-order chi connectivity index (χ0) is 5.70. The molecule has 0 fully saturated rings. The topological polar surface area (TPSA) is 0 Å². The quantitative estimate of drug-likeness (QED) is 0.675. The summed E-state index contributed by atoms with van der Waals surface area (Å²) in [4.78, 5) is 0. The van der Waals surface area contributed by atoms with E-state index in [1.54, 1.807) is 6.08 Å². The van der Waals surface area contributed by atoms with E-state index in [1.165, 1.54) is 0 Å². The van der Waals surface area contributed by atoms with Gasteiger partial charge in [-0.3, -0.25) is 6.08 Å². The van der Waals surface area contributed by atoms with Crippen molar-refractivity contribution in [1.29, 1.82) is 0 Å². The molecular weight excluding hydrogens is 262 g/mol. The van der Waals surface area contributed by atoms with Crippen LogP contribution >= 0.6 is 0 Å². The minimum absolute atomic E-state index is 0. The Morgan fingerprint density at radius 3 is 1.89 bits per heavy atom. The molecule has 0 aromatic heterocycles. The molecule has 0 heterocycles. The van der Waals surface area contributed by atoms with E-state index in [9.17, 15) is 0 Å². The number of hydrogen-bond donors (Lipinski definition) is 0. The maximum atomic E-state index is 3.76. The number of rotatable bonds is 2. The normalized spacial score (nSPS) is 11.8. The standard InChI is InChI=1S/C7H11.2Y/c1-4-6-7(3)5-2;;/h4,6-7H,1-3,5H2;;/q-3;;/b6-4-;;. The fourth-order valence-electron chi connectivity index (χ4n) is 0.289. The Balaban J connectivity index is -0.000000180. The van der Waals surface area contributed by atoms with Crippen LogP contribution in [0, 0.1) is 26.7 Å². The second-order valence-corrected chi connectivity index (χ2v) is 1.48. The zero-order valence-electron chi connectivity index (χ0n) is 5.72. The van der Waals surface area contributed by atoms with E-state index < -0.39 is 0 Å². The third-order valence-corrected chi connectivity index (χ3v) is 0.779. The average molecular weight is 273 g/mol. The Labute approximate surface area is 109 Å². The van der Waals surface area contributed by atoms with Crippen LogP contribution in [-0.2, 0) is 65.4 Å². The predicted octanol–water partition coefficient (Wildman–Crippen LogP) is 2.05. The molecular formula is C7H11Y2-3. The first-order chi connectivity index (χ1) is 3.31. The van der Waals surface area contributed by atoms with Crippen molar-refractivity contribution >= 4 is 0 Å². The molecule has 0 nitrogen and oxygen atoms in total. The summed E-state index contributed by atoms with van der Waals surface area (Å²) in [5.41, 5.74) is 0. The zero-order valence-corrected chi connectivity index (χ0v) is 11.4. The van der Waals surface area contributed by atoms with Crippen molar-refractivity contribution in [1.82, 2.24) is 0 Å². The van der Waals surface area contributed by atoms with Gasteiger partial charge in [0.25, 0.3) is 0 Å². The van der Waals surface area contributed by atoms with Crippen LogP contribution in [0.15, 0.2) is 12.2 Å². The van der Waals surface area contributed by atoms with Gasteiger partial charge in [0.2, 0.25) is 0 Å². The van der Waals surface area contributed by atoms with Crippen LogP contribution in [0.5, 0.6) is 0 Å². The third kappa shape index (κ3) is 12.9. The Morgan fingerprint density at radius 1 is 1.33 bits per heavy atom. The minimum atomic E-state index is 0. The van der Waals surface area contributed by atoms with Crippen molar-refractivity contribution in [3.8, 4) is 0 Å². The van der Waals surface area contributed by atoms with Gasteiger partial charge >= 0.3 is 0 Å². The van der Waals surface area contributed by atoms with E-state index in [-0.39, 0.29) is 65.4 Å². The Kier molecular flexibility index (Phi) is 23.7. The Hall–Kier alpha value is 1.82. The predicted molar refractivity (Wildman–Crippen MR) is 33.3 cm³/mol. The number of allylic oxidation sites excluding steroid dienone is 2. The van der Waals surface area contributed by atoms with Crippen molar-refractivity contribution in [2.75, 3.05) is 0 Å². The molecule has 0 rings (SSSR count). The van der Waals surface area contributed by atoms with Gasteiger partial charge in [-0.15, -0.1) is 0 Å². The van der Waals surface area contributed by atoms with E-state index in [4.69, 9.17) is 0 Å². The van der Waals surface area contributed by atoms with Crippen molar-refractivity contribution in [2.45, 2.75) is 6.42 Å². The molecule has 0 saturated heterocycles. The molecule has 0 bridgehead atoms. The number of hydrogen-bond acceptors (Lipinski definition) is 0. The van der Waals surface area contributed by atoms with E-state index in [0.717, 1.165) is 6.42 Å². The largest absolute Gasteiger partial charge is 0.355 e. The summed E-state index contributed by atoms with van der Waals surface area (Å²) in [6.07, 6.45) is 4.54. The van der Waals surface area contributed by atoms with Gasteiger partial charge in [0.05, 0.1) is 0 Å². The van der Waals surface area contributed by atoms with Gasteiger partial charge in [0.15, 0.2) is 0 Å². The maximum absolute atomic E-state index is 3.76. The smallest absolute Gasteiger partial charge is 0 e. The van der Waals surface area contributed by atoms with Gasteiger partial charge in [0, 0.05) is 65.4 Å².